The van der Waals surface area contributed by atoms with E-state index < -0.39 is 8.07 Å². The normalized spacial score (nSPS) is 12.7. The van der Waals surface area contributed by atoms with E-state index in [4.69, 9.17) is 9.40 Å². The molecule has 2 nitrogen and oxygen atoms in total. The van der Waals surface area contributed by atoms with E-state index in [1.165, 1.54) is 48.1 Å². The van der Waals surface area contributed by atoms with Gasteiger partial charge in [-0.25, -0.2) is 0 Å². The molecule has 0 spiro atoms. The summed E-state index contributed by atoms with van der Waals surface area (Å²) in [4.78, 5) is 6.06. The second-order valence-corrected chi connectivity index (χ2v) is 18.3. The Hall–Kier alpha value is -3.21. The lowest BCUT2D eigenvalue weighted by molar-refractivity contribution is 0.596. The fourth-order valence-electron chi connectivity index (χ4n) is 5.28. The van der Waals surface area contributed by atoms with E-state index in [-0.39, 0.29) is 5.41 Å². The molecule has 6 aromatic rings. The maximum absolute atomic E-state index is 6.53. The van der Waals surface area contributed by atoms with E-state index in [2.05, 4.69) is 114 Å². The summed E-state index contributed by atoms with van der Waals surface area (Å²) in [5.41, 5.74) is 5.79. The highest BCUT2D eigenvalue weighted by Gasteiger charge is 2.22. The number of hydrogen-bond acceptors (Lipinski definition) is 3. The first-order chi connectivity index (χ1) is 17.5. The summed E-state index contributed by atoms with van der Waals surface area (Å²) in [6.07, 6.45) is 1.94. The number of benzene rings is 3. The zero-order chi connectivity index (χ0) is 26.1. The zero-order valence-electron chi connectivity index (χ0n) is 22.7. The molecule has 0 radical (unpaired) electrons. The molecule has 0 bridgehead atoms. The van der Waals surface area contributed by atoms with Crippen LogP contribution in [0.25, 0.3) is 53.7 Å². The first-order valence-corrected chi connectivity index (χ1v) is 17.3. The van der Waals surface area contributed by atoms with Gasteiger partial charge < -0.3 is 4.42 Å². The summed E-state index contributed by atoms with van der Waals surface area (Å²) >= 11 is 1.78. The second kappa shape index (κ2) is 8.40. The van der Waals surface area contributed by atoms with Crippen molar-refractivity contribution in [2.24, 2.45) is 0 Å². The van der Waals surface area contributed by atoms with Crippen molar-refractivity contribution >= 4 is 56.4 Å². The van der Waals surface area contributed by atoms with Crippen molar-refractivity contribution in [3.8, 4) is 21.9 Å². The van der Waals surface area contributed by atoms with Gasteiger partial charge in [0, 0.05) is 22.7 Å². The molecule has 4 heteroatoms. The standard InChI is InChI=1S/C33H33NOSSi/c1-20-25-13-12-24(37(5,6)7)19-28(25)35-31(20)29-18-22-14-15-34-30(32(22)36-29)23-16-21-10-8-9-11-26(21)27(17-23)33(2,3)4/h8-19H,1-7H3. The highest BCUT2D eigenvalue weighted by molar-refractivity contribution is 7.22. The van der Waals surface area contributed by atoms with E-state index >= 15 is 0 Å². The number of aromatic nitrogens is 1. The maximum Gasteiger partial charge on any atom is 0.148 e. The molecular weight excluding hydrogens is 487 g/mol. The molecule has 3 aromatic carbocycles. The Morgan fingerprint density at radius 1 is 0.838 bits per heavy atom. The molecule has 37 heavy (non-hydrogen) atoms. The van der Waals surface area contributed by atoms with Gasteiger partial charge in [-0.2, -0.15) is 0 Å². The van der Waals surface area contributed by atoms with Gasteiger partial charge in [-0.15, -0.1) is 11.3 Å². The van der Waals surface area contributed by atoms with Crippen molar-refractivity contribution in [1.82, 2.24) is 4.98 Å². The molecule has 0 aliphatic heterocycles. The third-order valence-electron chi connectivity index (χ3n) is 7.40. The van der Waals surface area contributed by atoms with Crippen LogP contribution in [-0.2, 0) is 5.41 Å². The molecule has 0 saturated carbocycles. The first-order valence-electron chi connectivity index (χ1n) is 13.0. The average molecular weight is 520 g/mol. The number of hydrogen-bond donors (Lipinski definition) is 0. The predicted molar refractivity (Wildman–Crippen MR) is 164 cm³/mol. The van der Waals surface area contributed by atoms with Gasteiger partial charge in [0.05, 0.1) is 23.3 Å². The van der Waals surface area contributed by atoms with Gasteiger partial charge in [0.25, 0.3) is 0 Å². The molecule has 3 heterocycles. The molecule has 0 aliphatic carbocycles. The van der Waals surface area contributed by atoms with Crippen molar-refractivity contribution in [1.29, 1.82) is 0 Å². The van der Waals surface area contributed by atoms with Crippen LogP contribution in [0.4, 0.5) is 0 Å². The summed E-state index contributed by atoms with van der Waals surface area (Å²) in [5.74, 6) is 0.976. The fourth-order valence-corrected chi connectivity index (χ4v) is 7.63. The fraction of sp³-hybridized carbons (Fsp3) is 0.242. The van der Waals surface area contributed by atoms with Gasteiger partial charge in [0.1, 0.15) is 11.3 Å². The van der Waals surface area contributed by atoms with Crippen LogP contribution in [0, 0.1) is 6.92 Å². The second-order valence-electron chi connectivity index (χ2n) is 12.2. The topological polar surface area (TPSA) is 26.0 Å². The molecule has 0 unspecified atom stereocenters. The van der Waals surface area contributed by atoms with Gasteiger partial charge in [-0.1, -0.05) is 82.0 Å². The van der Waals surface area contributed by atoms with Crippen molar-refractivity contribution in [3.05, 3.63) is 84.1 Å². The smallest absolute Gasteiger partial charge is 0.148 e. The minimum absolute atomic E-state index is 0.0320. The van der Waals surface area contributed by atoms with Crippen LogP contribution in [0.15, 0.2) is 77.3 Å². The van der Waals surface area contributed by atoms with Crippen LogP contribution in [0.3, 0.4) is 0 Å². The van der Waals surface area contributed by atoms with E-state index in [9.17, 15) is 0 Å². The van der Waals surface area contributed by atoms with Crippen LogP contribution in [0.2, 0.25) is 19.6 Å². The summed E-state index contributed by atoms with van der Waals surface area (Å²) in [6.45, 7) is 16.2. The summed E-state index contributed by atoms with van der Waals surface area (Å²) in [6, 6.07) is 24.5. The maximum atomic E-state index is 6.53. The summed E-state index contributed by atoms with van der Waals surface area (Å²) in [5, 5.41) is 6.41. The Labute approximate surface area is 224 Å². The number of furan rings is 1. The van der Waals surface area contributed by atoms with Gasteiger partial charge in [0.15, 0.2) is 0 Å². The number of fused-ring (bicyclic) bond motifs is 3. The SMILES string of the molecule is Cc1c(-c2cc3ccnc(-c4cc(C(C)(C)C)c5ccccc5c4)c3s2)oc2cc([Si](C)(C)C)ccc12. The third-order valence-corrected chi connectivity index (χ3v) is 10.6. The molecule has 186 valence electrons. The Bertz CT molecular complexity index is 1810. The van der Waals surface area contributed by atoms with Crippen molar-refractivity contribution in [3.63, 3.8) is 0 Å². The largest absolute Gasteiger partial charge is 0.455 e. The lowest BCUT2D eigenvalue weighted by Gasteiger charge is -2.22. The van der Waals surface area contributed by atoms with Crippen LogP contribution in [0.5, 0.6) is 0 Å². The number of thiophene rings is 1. The van der Waals surface area contributed by atoms with Crippen molar-refractivity contribution < 1.29 is 4.42 Å². The molecule has 0 N–H and O–H groups in total. The quantitative estimate of drug-likeness (QED) is 0.218. The lowest BCUT2D eigenvalue weighted by Crippen LogP contribution is -2.37. The first kappa shape index (κ1) is 24.1. The molecule has 0 aliphatic rings. The van der Waals surface area contributed by atoms with Gasteiger partial charge in [-0.3, -0.25) is 4.98 Å². The van der Waals surface area contributed by atoms with E-state index in [0.717, 1.165) is 21.9 Å². The number of nitrogens with zero attached hydrogens (tertiary/aromatic N) is 1. The highest BCUT2D eigenvalue weighted by atomic mass is 32.1. The predicted octanol–water partition coefficient (Wildman–Crippen LogP) is 9.68. The van der Waals surface area contributed by atoms with Crippen LogP contribution < -0.4 is 5.19 Å². The number of aryl methyl sites for hydroxylation is 1. The van der Waals surface area contributed by atoms with Crippen molar-refractivity contribution in [2.45, 2.75) is 52.8 Å². The minimum atomic E-state index is -1.41. The van der Waals surface area contributed by atoms with Crippen molar-refractivity contribution in [2.75, 3.05) is 0 Å². The van der Waals surface area contributed by atoms with Crippen LogP contribution in [-0.4, -0.2) is 13.1 Å². The Balaban J connectivity index is 1.53. The van der Waals surface area contributed by atoms with E-state index in [1.807, 2.05) is 6.20 Å². The molecule has 6 rings (SSSR count). The molecule has 3 aromatic heterocycles. The van der Waals surface area contributed by atoms with Crippen LogP contribution in [0.1, 0.15) is 31.9 Å². The van der Waals surface area contributed by atoms with Gasteiger partial charge in [0.2, 0.25) is 0 Å². The Morgan fingerprint density at radius 2 is 1.62 bits per heavy atom. The summed E-state index contributed by atoms with van der Waals surface area (Å²) < 4.78 is 7.73. The Kier molecular flexibility index (Phi) is 5.48. The van der Waals surface area contributed by atoms with E-state index in [0.29, 0.717) is 0 Å². The highest BCUT2D eigenvalue weighted by Crippen LogP contribution is 2.43. The zero-order valence-corrected chi connectivity index (χ0v) is 24.5. The molecule has 0 fully saturated rings. The molecule has 0 saturated heterocycles. The van der Waals surface area contributed by atoms with E-state index in [1.54, 1.807) is 11.3 Å². The summed E-state index contributed by atoms with van der Waals surface area (Å²) in [7, 11) is -1.41. The van der Waals surface area contributed by atoms with Crippen LogP contribution >= 0.6 is 11.3 Å². The monoisotopic (exact) mass is 519 g/mol. The lowest BCUT2D eigenvalue weighted by atomic mass is 9.82. The number of pyridine rings is 1. The molecule has 0 atom stereocenters. The molecular formula is C33H33NOSSi. The Morgan fingerprint density at radius 3 is 2.38 bits per heavy atom. The molecule has 0 amide bonds. The van der Waals surface area contributed by atoms with Gasteiger partial charge in [-0.05, 0) is 64.4 Å². The number of rotatable bonds is 3. The minimum Gasteiger partial charge on any atom is -0.455 e. The average Bonchev–Trinajstić information content (AvgIpc) is 3.42. The third kappa shape index (κ3) is 4.13. The van der Waals surface area contributed by atoms with Gasteiger partial charge >= 0.3 is 0 Å².